The predicted octanol–water partition coefficient (Wildman–Crippen LogP) is 3.00. The molecular weight excluding hydrogens is 338 g/mol. The third kappa shape index (κ3) is 6.11. The van der Waals surface area contributed by atoms with E-state index in [4.69, 9.17) is 4.74 Å². The summed E-state index contributed by atoms with van der Waals surface area (Å²) in [4.78, 5) is 26.4. The number of nitrogens with one attached hydrogen (secondary N) is 2. The topological polar surface area (TPSA) is 70.7 Å². The molecule has 0 bridgehead atoms. The summed E-state index contributed by atoms with van der Waals surface area (Å²) in [7, 11) is 1.70. The molecule has 25 heavy (non-hydrogen) atoms. The number of carbonyl (C=O) groups excluding carboxylic acids is 2. The van der Waals surface area contributed by atoms with Crippen molar-refractivity contribution in [1.29, 1.82) is 0 Å². The van der Waals surface area contributed by atoms with E-state index in [0.717, 1.165) is 10.6 Å². The Morgan fingerprint density at radius 3 is 2.52 bits per heavy atom. The van der Waals surface area contributed by atoms with Gasteiger partial charge in [0, 0.05) is 23.7 Å². The first-order valence-electron chi connectivity index (χ1n) is 8.02. The molecular formula is C18H23N3O3S. The Labute approximate surface area is 151 Å². The summed E-state index contributed by atoms with van der Waals surface area (Å²) < 4.78 is 5.47. The van der Waals surface area contributed by atoms with Crippen LogP contribution in [0.2, 0.25) is 0 Å². The van der Waals surface area contributed by atoms with Crippen molar-refractivity contribution >= 4 is 29.0 Å². The molecule has 0 saturated heterocycles. The number of benzene rings is 1. The highest BCUT2D eigenvalue weighted by Crippen LogP contribution is 2.18. The zero-order valence-electron chi connectivity index (χ0n) is 14.6. The van der Waals surface area contributed by atoms with Crippen molar-refractivity contribution in [2.45, 2.75) is 26.4 Å². The molecule has 2 aromatic rings. The van der Waals surface area contributed by atoms with E-state index in [2.05, 4.69) is 10.6 Å². The van der Waals surface area contributed by atoms with Gasteiger partial charge in [-0.1, -0.05) is 6.07 Å². The Morgan fingerprint density at radius 1 is 1.20 bits per heavy atom. The molecule has 2 rings (SSSR count). The molecule has 1 aromatic heterocycles. The Kier molecular flexibility index (Phi) is 6.82. The van der Waals surface area contributed by atoms with Crippen LogP contribution in [0.25, 0.3) is 0 Å². The summed E-state index contributed by atoms with van der Waals surface area (Å²) in [5, 5.41) is 7.60. The summed E-state index contributed by atoms with van der Waals surface area (Å²) >= 11 is 1.60. The lowest BCUT2D eigenvalue weighted by atomic mass is 10.3. The molecule has 0 unspecified atom stereocenters. The third-order valence-corrected chi connectivity index (χ3v) is 4.23. The summed E-state index contributed by atoms with van der Waals surface area (Å²) in [6.45, 7) is 4.28. The van der Waals surface area contributed by atoms with Gasteiger partial charge in [-0.2, -0.15) is 0 Å². The van der Waals surface area contributed by atoms with Gasteiger partial charge >= 0.3 is 6.03 Å². The normalized spacial score (nSPS) is 10.4. The van der Waals surface area contributed by atoms with E-state index in [1.807, 2.05) is 31.4 Å². The highest BCUT2D eigenvalue weighted by Gasteiger charge is 2.11. The first-order chi connectivity index (χ1) is 12.0. The van der Waals surface area contributed by atoms with Gasteiger partial charge < -0.3 is 15.4 Å². The molecule has 134 valence electrons. The van der Waals surface area contributed by atoms with Crippen LogP contribution < -0.4 is 20.3 Å². The van der Waals surface area contributed by atoms with Crippen LogP contribution in [-0.2, 0) is 11.3 Å². The number of nitrogens with zero attached hydrogens (tertiary/aromatic N) is 1. The van der Waals surface area contributed by atoms with Crippen molar-refractivity contribution in [2.75, 3.05) is 18.6 Å². The molecule has 1 heterocycles. The lowest BCUT2D eigenvalue weighted by Gasteiger charge is -2.20. The van der Waals surface area contributed by atoms with Crippen LogP contribution >= 0.6 is 11.3 Å². The van der Waals surface area contributed by atoms with Gasteiger partial charge in [0.05, 0.1) is 6.54 Å². The Bertz CT molecular complexity index is 684. The molecule has 1 aromatic carbocycles. The van der Waals surface area contributed by atoms with Gasteiger partial charge in [0.1, 0.15) is 5.75 Å². The Hall–Kier alpha value is -2.54. The maximum Gasteiger partial charge on any atom is 0.321 e. The second-order valence-corrected chi connectivity index (χ2v) is 6.83. The van der Waals surface area contributed by atoms with Crippen molar-refractivity contribution in [3.8, 4) is 5.75 Å². The number of hydrogen-bond donors (Lipinski definition) is 2. The Balaban J connectivity index is 1.79. The highest BCUT2D eigenvalue weighted by atomic mass is 32.1. The predicted molar refractivity (Wildman–Crippen MR) is 100 cm³/mol. The van der Waals surface area contributed by atoms with Gasteiger partial charge in [-0.15, -0.1) is 11.3 Å². The largest absolute Gasteiger partial charge is 0.484 e. The summed E-state index contributed by atoms with van der Waals surface area (Å²) in [5.74, 6) is 0.401. The molecule has 3 amide bonds. The number of hydrogen-bond acceptors (Lipinski definition) is 4. The van der Waals surface area contributed by atoms with Gasteiger partial charge in [0.2, 0.25) is 0 Å². The number of rotatable bonds is 7. The average Bonchev–Trinajstić information content (AvgIpc) is 3.11. The molecule has 0 saturated carbocycles. The second kappa shape index (κ2) is 9.08. The van der Waals surface area contributed by atoms with E-state index in [-0.39, 0.29) is 24.6 Å². The monoisotopic (exact) mass is 361 g/mol. The van der Waals surface area contributed by atoms with Gasteiger partial charge in [-0.3, -0.25) is 9.69 Å². The van der Waals surface area contributed by atoms with E-state index in [1.165, 1.54) is 4.90 Å². The minimum Gasteiger partial charge on any atom is -0.484 e. The molecule has 2 N–H and O–H groups in total. The standard InChI is InChI=1S/C18H23N3O3S/c1-13(2)20-18(23)21(3)14-6-8-15(9-7-14)24-12-17(22)19-11-16-5-4-10-25-16/h4-10,13H,11-12H2,1-3H3,(H,19,22)(H,20,23). The molecule has 0 aliphatic carbocycles. The minimum absolute atomic E-state index is 0.0472. The van der Waals surface area contributed by atoms with Crippen LogP contribution in [0.1, 0.15) is 18.7 Å². The summed E-state index contributed by atoms with van der Waals surface area (Å²) in [6.07, 6.45) is 0. The number of thiophene rings is 1. The van der Waals surface area contributed by atoms with E-state index in [1.54, 1.807) is 42.6 Å². The number of urea groups is 1. The third-order valence-electron chi connectivity index (χ3n) is 3.35. The SMILES string of the molecule is CC(C)NC(=O)N(C)c1ccc(OCC(=O)NCc2cccs2)cc1. The molecule has 7 heteroatoms. The van der Waals surface area contributed by atoms with Crippen LogP contribution in [0.5, 0.6) is 5.75 Å². The van der Waals surface area contributed by atoms with Crippen LogP contribution in [0.3, 0.4) is 0 Å². The van der Waals surface area contributed by atoms with Crippen LogP contribution in [-0.4, -0.2) is 31.6 Å². The van der Waals surface area contributed by atoms with Crippen molar-refractivity contribution in [2.24, 2.45) is 0 Å². The lowest BCUT2D eigenvalue weighted by Crippen LogP contribution is -2.40. The number of amides is 3. The van der Waals surface area contributed by atoms with Crippen LogP contribution in [0, 0.1) is 0 Å². The van der Waals surface area contributed by atoms with Gasteiger partial charge in [0.15, 0.2) is 6.61 Å². The lowest BCUT2D eigenvalue weighted by molar-refractivity contribution is -0.123. The molecule has 0 aliphatic heterocycles. The summed E-state index contributed by atoms with van der Waals surface area (Å²) in [6, 6.07) is 10.8. The molecule has 0 radical (unpaired) electrons. The maximum atomic E-state index is 12.0. The molecule has 0 aliphatic rings. The van der Waals surface area contributed by atoms with Gasteiger partial charge in [-0.25, -0.2) is 4.79 Å². The number of anilines is 1. The van der Waals surface area contributed by atoms with E-state index in [9.17, 15) is 9.59 Å². The van der Waals surface area contributed by atoms with Crippen molar-refractivity contribution in [3.63, 3.8) is 0 Å². The fourth-order valence-corrected chi connectivity index (χ4v) is 2.67. The summed E-state index contributed by atoms with van der Waals surface area (Å²) in [5.41, 5.74) is 0.743. The zero-order chi connectivity index (χ0) is 18.2. The maximum absolute atomic E-state index is 12.0. The van der Waals surface area contributed by atoms with Crippen molar-refractivity contribution in [3.05, 3.63) is 46.7 Å². The number of ether oxygens (including phenoxy) is 1. The smallest absolute Gasteiger partial charge is 0.321 e. The Morgan fingerprint density at radius 2 is 1.92 bits per heavy atom. The zero-order valence-corrected chi connectivity index (χ0v) is 15.4. The fraction of sp³-hybridized carbons (Fsp3) is 0.333. The van der Waals surface area contributed by atoms with E-state index in [0.29, 0.717) is 12.3 Å². The minimum atomic E-state index is -0.175. The highest BCUT2D eigenvalue weighted by molar-refractivity contribution is 7.09. The van der Waals surface area contributed by atoms with E-state index >= 15 is 0 Å². The quantitative estimate of drug-likeness (QED) is 0.796. The second-order valence-electron chi connectivity index (χ2n) is 5.80. The molecule has 0 fully saturated rings. The average molecular weight is 361 g/mol. The van der Waals surface area contributed by atoms with Crippen molar-refractivity contribution in [1.82, 2.24) is 10.6 Å². The van der Waals surface area contributed by atoms with Gasteiger partial charge in [-0.05, 0) is 49.6 Å². The van der Waals surface area contributed by atoms with Crippen molar-refractivity contribution < 1.29 is 14.3 Å². The van der Waals surface area contributed by atoms with Gasteiger partial charge in [0.25, 0.3) is 5.91 Å². The van der Waals surface area contributed by atoms with Crippen LogP contribution in [0.4, 0.5) is 10.5 Å². The fourth-order valence-electron chi connectivity index (χ4n) is 2.03. The first kappa shape index (κ1) is 18.8. The van der Waals surface area contributed by atoms with Crippen LogP contribution in [0.15, 0.2) is 41.8 Å². The number of carbonyl (C=O) groups is 2. The molecule has 0 atom stereocenters. The van der Waals surface area contributed by atoms with E-state index < -0.39 is 0 Å². The molecule has 6 nitrogen and oxygen atoms in total. The molecule has 0 spiro atoms. The first-order valence-corrected chi connectivity index (χ1v) is 8.90.